The van der Waals surface area contributed by atoms with Crippen molar-refractivity contribution in [1.82, 2.24) is 4.98 Å². The molecule has 0 saturated heterocycles. The SMILES string of the molecule is Cc1nc(-c2ccsc2)sc1C(=O)Nc1ccc(NC(=O)c2ccco2)cc1. The number of aromatic nitrogens is 1. The molecule has 3 aromatic heterocycles. The molecule has 0 radical (unpaired) electrons. The van der Waals surface area contributed by atoms with Gasteiger partial charge < -0.3 is 15.1 Å². The Hall–Kier alpha value is -3.23. The van der Waals surface area contributed by atoms with E-state index in [9.17, 15) is 9.59 Å². The lowest BCUT2D eigenvalue weighted by Crippen LogP contribution is -2.12. The van der Waals surface area contributed by atoms with Gasteiger partial charge in [0.2, 0.25) is 0 Å². The lowest BCUT2D eigenvalue weighted by Gasteiger charge is -2.07. The molecule has 0 aliphatic rings. The van der Waals surface area contributed by atoms with Crippen molar-refractivity contribution in [3.8, 4) is 10.6 Å². The molecule has 6 nitrogen and oxygen atoms in total. The summed E-state index contributed by atoms with van der Waals surface area (Å²) < 4.78 is 5.06. The minimum Gasteiger partial charge on any atom is -0.459 e. The first-order valence-electron chi connectivity index (χ1n) is 8.36. The summed E-state index contributed by atoms with van der Waals surface area (Å²) in [6, 6.07) is 12.1. The number of hydrogen-bond donors (Lipinski definition) is 2. The number of aryl methyl sites for hydroxylation is 1. The minimum atomic E-state index is -0.331. The van der Waals surface area contributed by atoms with E-state index in [1.165, 1.54) is 17.6 Å². The second-order valence-electron chi connectivity index (χ2n) is 5.91. The number of benzene rings is 1. The fourth-order valence-electron chi connectivity index (χ4n) is 2.54. The first kappa shape index (κ1) is 18.1. The molecule has 8 heteroatoms. The van der Waals surface area contributed by atoms with E-state index in [1.807, 2.05) is 23.8 Å². The Morgan fingerprint density at radius 3 is 2.32 bits per heavy atom. The molecular formula is C20H15N3O3S2. The molecule has 2 N–H and O–H groups in total. The van der Waals surface area contributed by atoms with Crippen LogP contribution in [0.4, 0.5) is 11.4 Å². The number of carbonyl (C=O) groups excluding carboxylic acids is 2. The summed E-state index contributed by atoms with van der Waals surface area (Å²) in [6.45, 7) is 1.83. The standard InChI is InChI=1S/C20H15N3O3S2/c1-12-17(28-20(21-12)13-8-10-27-11-13)19(25)23-15-6-4-14(5-7-15)22-18(24)16-3-2-9-26-16/h2-11H,1H3,(H,22,24)(H,23,25). The average Bonchev–Trinajstić information content (AvgIpc) is 3.44. The topological polar surface area (TPSA) is 84.2 Å². The number of amides is 2. The van der Waals surface area contributed by atoms with Crippen LogP contribution in [0.15, 0.2) is 63.9 Å². The van der Waals surface area contributed by atoms with Gasteiger partial charge >= 0.3 is 0 Å². The van der Waals surface area contributed by atoms with Crippen molar-refractivity contribution in [3.05, 3.63) is 75.8 Å². The molecule has 0 bridgehead atoms. The van der Waals surface area contributed by atoms with Crippen LogP contribution < -0.4 is 10.6 Å². The van der Waals surface area contributed by atoms with Gasteiger partial charge in [-0.2, -0.15) is 11.3 Å². The highest BCUT2D eigenvalue weighted by atomic mass is 32.1. The van der Waals surface area contributed by atoms with E-state index in [0.717, 1.165) is 10.6 Å². The largest absolute Gasteiger partial charge is 0.459 e. The van der Waals surface area contributed by atoms with Crippen LogP contribution >= 0.6 is 22.7 Å². The van der Waals surface area contributed by atoms with Crippen LogP contribution in [0.2, 0.25) is 0 Å². The number of carbonyl (C=O) groups is 2. The quantitative estimate of drug-likeness (QED) is 0.470. The summed E-state index contributed by atoms with van der Waals surface area (Å²) in [6.07, 6.45) is 1.44. The van der Waals surface area contributed by atoms with Crippen LogP contribution in [-0.4, -0.2) is 16.8 Å². The molecule has 140 valence electrons. The predicted octanol–water partition coefficient (Wildman–Crippen LogP) is 5.28. The molecule has 0 atom stereocenters. The highest BCUT2D eigenvalue weighted by Crippen LogP contribution is 2.30. The smallest absolute Gasteiger partial charge is 0.291 e. The van der Waals surface area contributed by atoms with Crippen molar-refractivity contribution >= 4 is 45.9 Å². The van der Waals surface area contributed by atoms with Crippen molar-refractivity contribution in [2.75, 3.05) is 10.6 Å². The van der Waals surface area contributed by atoms with Crippen LogP contribution in [0, 0.1) is 6.92 Å². The number of anilines is 2. The van der Waals surface area contributed by atoms with Crippen molar-refractivity contribution in [3.63, 3.8) is 0 Å². The highest BCUT2D eigenvalue weighted by Gasteiger charge is 2.17. The molecule has 2 amide bonds. The van der Waals surface area contributed by atoms with E-state index in [1.54, 1.807) is 47.7 Å². The van der Waals surface area contributed by atoms with Gasteiger partial charge in [0.1, 0.15) is 9.88 Å². The molecule has 0 saturated carbocycles. The zero-order valence-corrected chi connectivity index (χ0v) is 16.4. The van der Waals surface area contributed by atoms with Gasteiger partial charge in [-0.25, -0.2) is 4.98 Å². The molecule has 0 fully saturated rings. The molecule has 4 aromatic rings. The van der Waals surface area contributed by atoms with Crippen molar-refractivity contribution in [1.29, 1.82) is 0 Å². The van der Waals surface area contributed by atoms with Gasteiger partial charge in [0, 0.05) is 22.3 Å². The van der Waals surface area contributed by atoms with E-state index >= 15 is 0 Å². The number of rotatable bonds is 5. The Bertz CT molecular complexity index is 1100. The maximum atomic E-state index is 12.6. The number of nitrogens with zero attached hydrogens (tertiary/aromatic N) is 1. The van der Waals surface area contributed by atoms with Crippen LogP contribution in [0.5, 0.6) is 0 Å². The molecular weight excluding hydrogens is 394 g/mol. The Morgan fingerprint density at radius 2 is 1.71 bits per heavy atom. The van der Waals surface area contributed by atoms with Gasteiger partial charge in [0.25, 0.3) is 11.8 Å². The average molecular weight is 409 g/mol. The van der Waals surface area contributed by atoms with E-state index < -0.39 is 0 Å². The second-order valence-corrected chi connectivity index (χ2v) is 7.69. The van der Waals surface area contributed by atoms with Crippen molar-refractivity contribution in [2.24, 2.45) is 0 Å². The summed E-state index contributed by atoms with van der Waals surface area (Å²) in [4.78, 5) is 29.7. The lowest BCUT2D eigenvalue weighted by atomic mass is 10.2. The fraction of sp³-hybridized carbons (Fsp3) is 0.0500. The predicted molar refractivity (Wildman–Crippen MR) is 111 cm³/mol. The van der Waals surface area contributed by atoms with E-state index in [-0.39, 0.29) is 17.6 Å². The summed E-state index contributed by atoms with van der Waals surface area (Å²) in [7, 11) is 0. The van der Waals surface area contributed by atoms with Crippen LogP contribution in [-0.2, 0) is 0 Å². The second kappa shape index (κ2) is 7.79. The number of nitrogens with one attached hydrogen (secondary N) is 2. The van der Waals surface area contributed by atoms with E-state index in [2.05, 4.69) is 15.6 Å². The normalized spacial score (nSPS) is 10.6. The first-order valence-corrected chi connectivity index (χ1v) is 10.1. The van der Waals surface area contributed by atoms with E-state index in [4.69, 9.17) is 4.42 Å². The van der Waals surface area contributed by atoms with Gasteiger partial charge in [0.15, 0.2) is 5.76 Å². The first-order chi connectivity index (χ1) is 13.6. The third kappa shape index (κ3) is 3.88. The summed E-state index contributed by atoms with van der Waals surface area (Å²) in [5.41, 5.74) is 2.96. The maximum absolute atomic E-state index is 12.6. The number of thiazole rings is 1. The summed E-state index contributed by atoms with van der Waals surface area (Å²) in [5, 5.41) is 10.4. The Kier molecular flexibility index (Phi) is 5.05. The van der Waals surface area contributed by atoms with Gasteiger partial charge in [-0.15, -0.1) is 11.3 Å². The van der Waals surface area contributed by atoms with Gasteiger partial charge in [-0.3, -0.25) is 9.59 Å². The monoisotopic (exact) mass is 409 g/mol. The zero-order valence-electron chi connectivity index (χ0n) is 14.8. The Balaban J connectivity index is 1.43. The van der Waals surface area contributed by atoms with Gasteiger partial charge in [-0.1, -0.05) is 0 Å². The molecule has 0 spiro atoms. The Labute approximate surface area is 168 Å². The Morgan fingerprint density at radius 1 is 1.00 bits per heavy atom. The fourth-order valence-corrected chi connectivity index (χ4v) is 4.21. The number of thiophene rings is 1. The third-order valence-electron chi connectivity index (χ3n) is 3.92. The molecule has 1 aromatic carbocycles. The number of hydrogen-bond acceptors (Lipinski definition) is 6. The number of furan rings is 1. The van der Waals surface area contributed by atoms with Gasteiger partial charge in [-0.05, 0) is 54.8 Å². The van der Waals surface area contributed by atoms with Crippen molar-refractivity contribution in [2.45, 2.75) is 6.92 Å². The molecule has 4 rings (SSSR count). The molecule has 3 heterocycles. The highest BCUT2D eigenvalue weighted by molar-refractivity contribution is 7.17. The third-order valence-corrected chi connectivity index (χ3v) is 5.81. The van der Waals surface area contributed by atoms with Crippen LogP contribution in [0.3, 0.4) is 0 Å². The van der Waals surface area contributed by atoms with E-state index in [0.29, 0.717) is 21.9 Å². The summed E-state index contributed by atoms with van der Waals surface area (Å²) in [5.74, 6) is -0.300. The van der Waals surface area contributed by atoms with Crippen LogP contribution in [0.25, 0.3) is 10.6 Å². The molecule has 0 unspecified atom stereocenters. The summed E-state index contributed by atoms with van der Waals surface area (Å²) >= 11 is 2.97. The minimum absolute atomic E-state index is 0.205. The molecule has 28 heavy (non-hydrogen) atoms. The molecule has 0 aliphatic heterocycles. The lowest BCUT2D eigenvalue weighted by molar-refractivity contribution is 0.0994. The van der Waals surface area contributed by atoms with Crippen LogP contribution in [0.1, 0.15) is 25.9 Å². The maximum Gasteiger partial charge on any atom is 0.291 e. The van der Waals surface area contributed by atoms with Crippen molar-refractivity contribution < 1.29 is 14.0 Å². The van der Waals surface area contributed by atoms with Gasteiger partial charge in [0.05, 0.1) is 12.0 Å². The molecule has 0 aliphatic carbocycles. The zero-order chi connectivity index (χ0) is 19.5.